The van der Waals surface area contributed by atoms with Crippen LogP contribution in [-0.4, -0.2) is 27.6 Å². The SMILES string of the molecule is Cc1ccn2c1C1NC3CCCCC3N1C1CCCCC12. The van der Waals surface area contributed by atoms with Crippen molar-refractivity contribution in [1.82, 2.24) is 14.8 Å². The highest BCUT2D eigenvalue weighted by atomic mass is 15.4. The maximum absolute atomic E-state index is 4.02. The normalized spacial score (nSPS) is 42.0. The van der Waals surface area contributed by atoms with Crippen molar-refractivity contribution in [2.45, 2.75) is 88.6 Å². The van der Waals surface area contributed by atoms with Gasteiger partial charge in [0.25, 0.3) is 0 Å². The Morgan fingerprint density at radius 1 is 0.952 bits per heavy atom. The summed E-state index contributed by atoms with van der Waals surface area (Å²) in [6.45, 7) is 2.30. The lowest BCUT2D eigenvalue weighted by Gasteiger charge is -2.49. The first-order valence-corrected chi connectivity index (χ1v) is 9.05. The van der Waals surface area contributed by atoms with Gasteiger partial charge in [-0.1, -0.05) is 25.7 Å². The molecule has 4 aliphatic rings. The Labute approximate surface area is 127 Å². The maximum atomic E-state index is 4.02. The van der Waals surface area contributed by atoms with Gasteiger partial charge < -0.3 is 4.57 Å². The largest absolute Gasteiger partial charge is 0.344 e. The Morgan fingerprint density at radius 2 is 1.67 bits per heavy atom. The van der Waals surface area contributed by atoms with Gasteiger partial charge in [-0.2, -0.15) is 0 Å². The molecule has 3 heteroatoms. The lowest BCUT2D eigenvalue weighted by molar-refractivity contribution is 0.0210. The third-order valence-electron chi connectivity index (χ3n) is 6.64. The molecule has 114 valence electrons. The Kier molecular flexibility index (Phi) is 2.78. The lowest BCUT2D eigenvalue weighted by atomic mass is 9.83. The highest BCUT2D eigenvalue weighted by Crippen LogP contribution is 2.48. The van der Waals surface area contributed by atoms with Crippen LogP contribution in [0.15, 0.2) is 12.3 Å². The van der Waals surface area contributed by atoms with E-state index in [1.807, 2.05) is 0 Å². The number of nitrogens with one attached hydrogen (secondary N) is 1. The van der Waals surface area contributed by atoms with Gasteiger partial charge in [-0.15, -0.1) is 0 Å². The molecule has 2 aliphatic heterocycles. The quantitative estimate of drug-likeness (QED) is 0.787. The molecule has 0 radical (unpaired) electrons. The zero-order valence-electron chi connectivity index (χ0n) is 13.1. The second-order valence-corrected chi connectivity index (χ2v) is 7.69. The molecular weight excluding hydrogens is 258 g/mol. The highest BCUT2D eigenvalue weighted by molar-refractivity contribution is 5.30. The molecule has 1 aromatic rings. The van der Waals surface area contributed by atoms with Gasteiger partial charge in [0.2, 0.25) is 0 Å². The average molecular weight is 285 g/mol. The van der Waals surface area contributed by atoms with Crippen LogP contribution in [0, 0.1) is 6.92 Å². The van der Waals surface area contributed by atoms with E-state index in [9.17, 15) is 0 Å². The van der Waals surface area contributed by atoms with Crippen molar-refractivity contribution in [2.75, 3.05) is 0 Å². The molecule has 3 heterocycles. The van der Waals surface area contributed by atoms with Crippen LogP contribution in [0.3, 0.4) is 0 Å². The fourth-order valence-electron chi connectivity index (χ4n) is 5.77. The summed E-state index contributed by atoms with van der Waals surface area (Å²) >= 11 is 0. The fraction of sp³-hybridized carbons (Fsp3) is 0.778. The van der Waals surface area contributed by atoms with Gasteiger partial charge >= 0.3 is 0 Å². The molecule has 5 rings (SSSR count). The molecule has 3 nitrogen and oxygen atoms in total. The molecule has 2 aliphatic carbocycles. The fourth-order valence-corrected chi connectivity index (χ4v) is 5.77. The van der Waals surface area contributed by atoms with Crippen LogP contribution < -0.4 is 5.32 Å². The zero-order chi connectivity index (χ0) is 14.0. The van der Waals surface area contributed by atoms with Crippen LogP contribution in [0.5, 0.6) is 0 Å². The molecule has 5 atom stereocenters. The van der Waals surface area contributed by atoms with Gasteiger partial charge in [-0.3, -0.25) is 10.2 Å². The van der Waals surface area contributed by atoms with E-state index in [1.54, 1.807) is 5.69 Å². The molecule has 1 aromatic heterocycles. The van der Waals surface area contributed by atoms with Gasteiger partial charge in [-0.05, 0) is 44.2 Å². The number of nitrogens with zero attached hydrogens (tertiary/aromatic N) is 2. The summed E-state index contributed by atoms with van der Waals surface area (Å²) in [4.78, 5) is 2.93. The van der Waals surface area contributed by atoms with Gasteiger partial charge in [0.15, 0.2) is 0 Å². The maximum Gasteiger partial charge on any atom is 0.103 e. The van der Waals surface area contributed by atoms with Gasteiger partial charge in [0.1, 0.15) is 6.17 Å². The summed E-state index contributed by atoms with van der Waals surface area (Å²) in [5.74, 6) is 0. The van der Waals surface area contributed by atoms with Crippen LogP contribution in [0.25, 0.3) is 0 Å². The molecule has 5 unspecified atom stereocenters. The summed E-state index contributed by atoms with van der Waals surface area (Å²) in [7, 11) is 0. The first-order chi connectivity index (χ1) is 10.3. The lowest BCUT2D eigenvalue weighted by Crippen LogP contribution is -2.52. The van der Waals surface area contributed by atoms with Crippen LogP contribution in [0.1, 0.15) is 74.8 Å². The summed E-state index contributed by atoms with van der Waals surface area (Å²) < 4.78 is 2.64. The first-order valence-electron chi connectivity index (χ1n) is 9.05. The molecular formula is C18H27N3. The highest BCUT2D eigenvalue weighted by Gasteiger charge is 2.51. The van der Waals surface area contributed by atoms with E-state index in [4.69, 9.17) is 0 Å². The van der Waals surface area contributed by atoms with E-state index in [-0.39, 0.29) is 0 Å². The Bertz CT molecular complexity index is 549. The standard InChI is InChI=1S/C18H27N3/c1-12-10-11-20-15-8-4-5-9-16(15)21-14-7-3-2-6-13(14)19-18(21)17(12)20/h10-11,13-16,18-19H,2-9H2,1H3. The van der Waals surface area contributed by atoms with Gasteiger partial charge in [-0.25, -0.2) is 0 Å². The minimum atomic E-state index is 0.493. The molecule has 21 heavy (non-hydrogen) atoms. The number of hydrogen-bond acceptors (Lipinski definition) is 2. The summed E-state index contributed by atoms with van der Waals surface area (Å²) in [6.07, 6.45) is 14.1. The van der Waals surface area contributed by atoms with Crippen molar-refractivity contribution in [3.05, 3.63) is 23.5 Å². The number of aromatic nitrogens is 1. The molecule has 0 aromatic carbocycles. The molecule has 1 N–H and O–H groups in total. The number of aryl methyl sites for hydroxylation is 1. The van der Waals surface area contributed by atoms with Crippen molar-refractivity contribution >= 4 is 0 Å². The van der Waals surface area contributed by atoms with Crippen LogP contribution >= 0.6 is 0 Å². The molecule has 0 bridgehead atoms. The topological polar surface area (TPSA) is 20.2 Å². The zero-order valence-corrected chi connectivity index (χ0v) is 13.1. The van der Waals surface area contributed by atoms with Crippen molar-refractivity contribution < 1.29 is 0 Å². The predicted octanol–water partition coefficient (Wildman–Crippen LogP) is 3.51. The third kappa shape index (κ3) is 1.68. The molecule has 0 spiro atoms. The van der Waals surface area contributed by atoms with Crippen LogP contribution in [0.4, 0.5) is 0 Å². The van der Waals surface area contributed by atoms with E-state index in [2.05, 4.69) is 34.0 Å². The van der Waals surface area contributed by atoms with Crippen molar-refractivity contribution in [3.8, 4) is 0 Å². The van der Waals surface area contributed by atoms with Crippen molar-refractivity contribution in [3.63, 3.8) is 0 Å². The van der Waals surface area contributed by atoms with E-state index >= 15 is 0 Å². The van der Waals surface area contributed by atoms with Gasteiger partial charge in [0, 0.05) is 30.4 Å². The Hall–Kier alpha value is -0.800. The molecule has 0 amide bonds. The minimum absolute atomic E-state index is 0.493. The van der Waals surface area contributed by atoms with E-state index in [0.717, 1.165) is 24.2 Å². The van der Waals surface area contributed by atoms with E-state index < -0.39 is 0 Å². The average Bonchev–Trinajstić information content (AvgIpc) is 3.08. The Morgan fingerprint density at radius 3 is 2.52 bits per heavy atom. The first kappa shape index (κ1) is 12.7. The molecule has 3 fully saturated rings. The summed E-state index contributed by atoms with van der Waals surface area (Å²) in [5, 5.41) is 4.02. The van der Waals surface area contributed by atoms with Crippen LogP contribution in [0.2, 0.25) is 0 Å². The monoisotopic (exact) mass is 285 g/mol. The van der Waals surface area contributed by atoms with E-state index in [0.29, 0.717) is 6.17 Å². The second kappa shape index (κ2) is 4.60. The van der Waals surface area contributed by atoms with E-state index in [1.165, 1.54) is 56.9 Å². The smallest absolute Gasteiger partial charge is 0.103 e. The predicted molar refractivity (Wildman–Crippen MR) is 84.2 cm³/mol. The molecule has 2 saturated carbocycles. The second-order valence-electron chi connectivity index (χ2n) is 7.69. The van der Waals surface area contributed by atoms with Crippen LogP contribution in [-0.2, 0) is 0 Å². The number of fused-ring (bicyclic) bond motifs is 8. The molecule has 1 saturated heterocycles. The Balaban J connectivity index is 1.63. The number of rotatable bonds is 0. The summed E-state index contributed by atoms with van der Waals surface area (Å²) in [5.41, 5.74) is 3.06. The minimum Gasteiger partial charge on any atom is -0.344 e. The van der Waals surface area contributed by atoms with Crippen molar-refractivity contribution in [1.29, 1.82) is 0 Å². The summed E-state index contributed by atoms with van der Waals surface area (Å²) in [6, 6.07) is 5.41. The van der Waals surface area contributed by atoms with Gasteiger partial charge in [0.05, 0.1) is 5.69 Å². The third-order valence-corrected chi connectivity index (χ3v) is 6.64. The van der Waals surface area contributed by atoms with Crippen molar-refractivity contribution in [2.24, 2.45) is 0 Å². The number of hydrogen-bond donors (Lipinski definition) is 1.